The molecule has 5 heteroatoms. The Balaban J connectivity index is 2.64. The van der Waals surface area contributed by atoms with Crippen molar-refractivity contribution in [3.8, 4) is 0 Å². The Bertz CT molecular complexity index is 538. The lowest BCUT2D eigenvalue weighted by atomic mass is 10.2. The van der Waals surface area contributed by atoms with Crippen molar-refractivity contribution < 1.29 is 0 Å². The minimum absolute atomic E-state index is 0.0764. The molecule has 0 aliphatic rings. The van der Waals surface area contributed by atoms with Gasteiger partial charge < -0.3 is 10.3 Å². The number of hydrogen-bond donors (Lipinski definition) is 2. The summed E-state index contributed by atoms with van der Waals surface area (Å²) in [5, 5.41) is 7.02. The van der Waals surface area contributed by atoms with E-state index in [0.29, 0.717) is 23.4 Å². The predicted octanol–water partition coefficient (Wildman–Crippen LogP) is 0.963. The molecular weight excluding hydrogens is 192 g/mol. The van der Waals surface area contributed by atoms with Crippen molar-refractivity contribution in [2.45, 2.75) is 20.4 Å². The van der Waals surface area contributed by atoms with Crippen molar-refractivity contribution in [2.24, 2.45) is 5.92 Å². The van der Waals surface area contributed by atoms with Crippen molar-refractivity contribution in [3.05, 3.63) is 22.6 Å². The van der Waals surface area contributed by atoms with Crippen LogP contribution >= 0.6 is 0 Å². The molecule has 2 aromatic heterocycles. The number of aromatic nitrogens is 3. The monoisotopic (exact) mass is 206 g/mol. The maximum atomic E-state index is 12.0. The molecule has 0 spiro atoms. The van der Waals surface area contributed by atoms with E-state index in [1.165, 1.54) is 0 Å². The van der Waals surface area contributed by atoms with Crippen LogP contribution in [-0.4, -0.2) is 14.8 Å². The molecule has 0 saturated carbocycles. The third-order valence-electron chi connectivity index (χ3n) is 2.28. The van der Waals surface area contributed by atoms with Crippen molar-refractivity contribution in [1.29, 1.82) is 0 Å². The molecule has 0 unspecified atom stereocenters. The first-order chi connectivity index (χ1) is 7.09. The molecule has 2 heterocycles. The summed E-state index contributed by atoms with van der Waals surface area (Å²) >= 11 is 0. The van der Waals surface area contributed by atoms with Gasteiger partial charge in [0, 0.05) is 12.7 Å². The van der Waals surface area contributed by atoms with Crippen molar-refractivity contribution in [3.63, 3.8) is 0 Å². The van der Waals surface area contributed by atoms with Crippen molar-refractivity contribution in [1.82, 2.24) is 14.8 Å². The zero-order valence-corrected chi connectivity index (χ0v) is 8.82. The molecule has 0 aliphatic carbocycles. The third kappa shape index (κ3) is 1.60. The average molecular weight is 206 g/mol. The Morgan fingerprint density at radius 3 is 3.00 bits per heavy atom. The number of H-pyrrole nitrogens is 1. The van der Waals surface area contributed by atoms with E-state index >= 15 is 0 Å². The molecule has 80 valence electrons. The van der Waals surface area contributed by atoms with E-state index < -0.39 is 0 Å². The molecule has 0 aromatic carbocycles. The fraction of sp³-hybridized carbons (Fsp3) is 0.400. The van der Waals surface area contributed by atoms with E-state index in [0.717, 1.165) is 0 Å². The van der Waals surface area contributed by atoms with Gasteiger partial charge >= 0.3 is 0 Å². The lowest BCUT2D eigenvalue weighted by Crippen LogP contribution is -2.21. The van der Waals surface area contributed by atoms with Gasteiger partial charge in [-0.3, -0.25) is 9.89 Å². The largest absolute Gasteiger partial charge is 0.382 e. The molecule has 0 amide bonds. The van der Waals surface area contributed by atoms with Gasteiger partial charge in [-0.25, -0.2) is 0 Å². The van der Waals surface area contributed by atoms with Crippen LogP contribution in [0.25, 0.3) is 10.9 Å². The summed E-state index contributed by atoms with van der Waals surface area (Å²) in [6, 6.07) is 1.82. The lowest BCUT2D eigenvalue weighted by molar-refractivity contribution is 0.513. The molecule has 0 saturated heterocycles. The number of anilines is 1. The Morgan fingerprint density at radius 2 is 2.33 bits per heavy atom. The number of nitrogens with one attached hydrogen (secondary N) is 1. The normalized spacial score (nSPS) is 11.4. The molecule has 0 fully saturated rings. The zero-order valence-electron chi connectivity index (χ0n) is 8.82. The van der Waals surface area contributed by atoms with Crippen LogP contribution < -0.4 is 11.3 Å². The second-order valence-electron chi connectivity index (χ2n) is 4.06. The highest BCUT2D eigenvalue weighted by Gasteiger charge is 2.09. The van der Waals surface area contributed by atoms with E-state index in [1.54, 1.807) is 10.8 Å². The van der Waals surface area contributed by atoms with Gasteiger partial charge in [0.2, 0.25) is 0 Å². The van der Waals surface area contributed by atoms with Crippen LogP contribution in [0.4, 0.5) is 5.82 Å². The van der Waals surface area contributed by atoms with Gasteiger partial charge in [-0.1, -0.05) is 13.8 Å². The SMILES string of the molecule is CC(C)Cn1ccc2[nH]nc(N)c2c1=O. The lowest BCUT2D eigenvalue weighted by Gasteiger charge is -2.07. The Labute approximate surface area is 86.9 Å². The summed E-state index contributed by atoms with van der Waals surface area (Å²) in [7, 11) is 0. The van der Waals surface area contributed by atoms with Crippen LogP contribution in [0.15, 0.2) is 17.1 Å². The first-order valence-corrected chi connectivity index (χ1v) is 4.92. The number of hydrogen-bond acceptors (Lipinski definition) is 3. The molecule has 3 N–H and O–H groups in total. The maximum Gasteiger partial charge on any atom is 0.263 e. The van der Waals surface area contributed by atoms with Crippen LogP contribution in [0.2, 0.25) is 0 Å². The molecule has 15 heavy (non-hydrogen) atoms. The number of nitrogens with zero attached hydrogens (tertiary/aromatic N) is 2. The van der Waals surface area contributed by atoms with Gasteiger partial charge in [-0.05, 0) is 12.0 Å². The molecule has 0 aliphatic heterocycles. The van der Waals surface area contributed by atoms with Crippen LogP contribution in [0, 0.1) is 5.92 Å². The first-order valence-electron chi connectivity index (χ1n) is 4.92. The Hall–Kier alpha value is -1.78. The minimum Gasteiger partial charge on any atom is -0.382 e. The summed E-state index contributed by atoms with van der Waals surface area (Å²) in [4.78, 5) is 12.0. The fourth-order valence-corrected chi connectivity index (χ4v) is 1.63. The van der Waals surface area contributed by atoms with Crippen molar-refractivity contribution in [2.75, 3.05) is 5.73 Å². The molecule has 0 bridgehead atoms. The van der Waals surface area contributed by atoms with Gasteiger partial charge in [-0.2, -0.15) is 5.10 Å². The fourth-order valence-electron chi connectivity index (χ4n) is 1.63. The van der Waals surface area contributed by atoms with E-state index in [-0.39, 0.29) is 11.4 Å². The second-order valence-corrected chi connectivity index (χ2v) is 4.06. The van der Waals surface area contributed by atoms with Gasteiger partial charge in [0.1, 0.15) is 5.39 Å². The zero-order chi connectivity index (χ0) is 11.0. The summed E-state index contributed by atoms with van der Waals surface area (Å²) < 4.78 is 1.67. The highest BCUT2D eigenvalue weighted by atomic mass is 16.1. The van der Waals surface area contributed by atoms with E-state index in [9.17, 15) is 4.79 Å². The molecule has 0 atom stereocenters. The van der Waals surface area contributed by atoms with Gasteiger partial charge in [-0.15, -0.1) is 0 Å². The van der Waals surface area contributed by atoms with E-state index in [1.807, 2.05) is 6.07 Å². The summed E-state index contributed by atoms with van der Waals surface area (Å²) in [5.74, 6) is 0.696. The predicted molar refractivity (Wildman–Crippen MR) is 59.6 cm³/mol. The summed E-state index contributed by atoms with van der Waals surface area (Å²) in [6.45, 7) is 4.82. The number of nitrogen functional groups attached to an aromatic ring is 1. The summed E-state index contributed by atoms with van der Waals surface area (Å²) in [6.07, 6.45) is 1.77. The molecule has 2 aromatic rings. The highest BCUT2D eigenvalue weighted by Crippen LogP contribution is 2.12. The quantitative estimate of drug-likeness (QED) is 0.768. The Morgan fingerprint density at radius 1 is 1.60 bits per heavy atom. The molecular formula is C10H14N4O. The first kappa shape index (κ1) is 9.76. The van der Waals surface area contributed by atoms with Crippen LogP contribution in [0.5, 0.6) is 0 Å². The molecule has 2 rings (SSSR count). The topological polar surface area (TPSA) is 76.7 Å². The van der Waals surface area contributed by atoms with Gasteiger partial charge in [0.15, 0.2) is 5.82 Å². The van der Waals surface area contributed by atoms with Gasteiger partial charge in [0.05, 0.1) is 5.52 Å². The molecule has 5 nitrogen and oxygen atoms in total. The van der Waals surface area contributed by atoms with E-state index in [2.05, 4.69) is 24.0 Å². The summed E-state index contributed by atoms with van der Waals surface area (Å²) in [5.41, 5.74) is 6.24. The standard InChI is InChI=1S/C10H14N4O/c1-6(2)5-14-4-3-7-8(10(14)15)9(11)13-12-7/h3-4,6H,5H2,1-2H3,(H3,11,12,13). The number of nitrogens with two attached hydrogens (primary N) is 1. The Kier molecular flexibility index (Phi) is 2.22. The second kappa shape index (κ2) is 3.42. The smallest absolute Gasteiger partial charge is 0.263 e. The number of rotatable bonds is 2. The highest BCUT2D eigenvalue weighted by molar-refractivity contribution is 5.87. The van der Waals surface area contributed by atoms with Gasteiger partial charge in [0.25, 0.3) is 5.56 Å². The van der Waals surface area contributed by atoms with Crippen molar-refractivity contribution >= 4 is 16.7 Å². The van der Waals surface area contributed by atoms with Crippen LogP contribution in [-0.2, 0) is 6.54 Å². The number of pyridine rings is 1. The minimum atomic E-state index is -0.0764. The number of aromatic amines is 1. The average Bonchev–Trinajstić information content (AvgIpc) is 2.53. The van der Waals surface area contributed by atoms with E-state index in [4.69, 9.17) is 5.73 Å². The third-order valence-corrected chi connectivity index (χ3v) is 2.28. The molecule has 0 radical (unpaired) electrons. The maximum absolute atomic E-state index is 12.0. The van der Waals surface area contributed by atoms with Crippen LogP contribution in [0.3, 0.4) is 0 Å². The van der Waals surface area contributed by atoms with Crippen LogP contribution in [0.1, 0.15) is 13.8 Å². The number of fused-ring (bicyclic) bond motifs is 1.